The van der Waals surface area contributed by atoms with Crippen molar-refractivity contribution in [2.24, 2.45) is 0 Å². The number of aliphatic carboxylic acids is 1. The quantitative estimate of drug-likeness (QED) is 0.624. The summed E-state index contributed by atoms with van der Waals surface area (Å²) in [5.74, 6) is -1.12. The van der Waals surface area contributed by atoms with Gasteiger partial charge >= 0.3 is 11.9 Å². The molecule has 0 unspecified atom stereocenters. The lowest BCUT2D eigenvalue weighted by atomic mass is 10.1. The molecule has 0 heterocycles. The van der Waals surface area contributed by atoms with Crippen LogP contribution in [0.1, 0.15) is 17.5 Å². The monoisotopic (exact) mass is 326 g/mol. The Morgan fingerprint density at radius 1 is 1.08 bits per heavy atom. The molecular formula is C19H18O5. The molecule has 0 aliphatic carbocycles. The minimum atomic E-state index is -1.09. The van der Waals surface area contributed by atoms with Gasteiger partial charge in [-0.3, -0.25) is 4.79 Å². The van der Waals surface area contributed by atoms with Gasteiger partial charge in [0.05, 0.1) is 13.5 Å². The third kappa shape index (κ3) is 5.28. The molecule has 124 valence electrons. The lowest BCUT2D eigenvalue weighted by molar-refractivity contribution is -0.141. The van der Waals surface area contributed by atoms with Gasteiger partial charge in [-0.2, -0.15) is 0 Å². The maximum atomic E-state index is 11.7. The van der Waals surface area contributed by atoms with Crippen molar-refractivity contribution in [2.75, 3.05) is 7.11 Å². The summed E-state index contributed by atoms with van der Waals surface area (Å²) in [5.41, 5.74) is 1.78. The van der Waals surface area contributed by atoms with Crippen molar-refractivity contribution >= 4 is 18.0 Å². The Balaban J connectivity index is 2.14. The molecule has 0 saturated carbocycles. The van der Waals surface area contributed by atoms with Gasteiger partial charge in [-0.15, -0.1) is 0 Å². The van der Waals surface area contributed by atoms with Crippen LogP contribution in [-0.4, -0.2) is 24.2 Å². The number of carboxylic acids is 1. The molecule has 0 aromatic heterocycles. The average molecular weight is 326 g/mol. The first-order valence-electron chi connectivity index (χ1n) is 7.36. The van der Waals surface area contributed by atoms with E-state index < -0.39 is 18.4 Å². The van der Waals surface area contributed by atoms with E-state index in [4.69, 9.17) is 9.84 Å². The summed E-state index contributed by atoms with van der Waals surface area (Å²) >= 11 is 0. The summed E-state index contributed by atoms with van der Waals surface area (Å²) in [6, 6.07) is 16.8. The Hall–Kier alpha value is -3.08. The normalized spacial score (nSPS) is 11.0. The van der Waals surface area contributed by atoms with Crippen LogP contribution >= 0.6 is 0 Å². The summed E-state index contributed by atoms with van der Waals surface area (Å²) in [6.07, 6.45) is 1.09. The van der Waals surface area contributed by atoms with Gasteiger partial charge in [-0.25, -0.2) is 4.79 Å². The molecule has 0 fully saturated rings. The Bertz CT molecular complexity index is 734. The average Bonchev–Trinajstić information content (AvgIpc) is 2.59. The van der Waals surface area contributed by atoms with Crippen LogP contribution in [0.15, 0.2) is 60.2 Å². The van der Waals surface area contributed by atoms with Gasteiger partial charge in [0.25, 0.3) is 0 Å². The van der Waals surface area contributed by atoms with Gasteiger partial charge in [0.2, 0.25) is 0 Å². The fraction of sp³-hybridized carbons (Fsp3) is 0.158. The first-order chi connectivity index (χ1) is 11.6. The highest BCUT2D eigenvalue weighted by atomic mass is 16.5. The Morgan fingerprint density at radius 3 is 2.50 bits per heavy atom. The molecule has 0 atom stereocenters. The van der Waals surface area contributed by atoms with Crippen LogP contribution in [0.3, 0.4) is 0 Å². The van der Waals surface area contributed by atoms with E-state index in [2.05, 4.69) is 4.74 Å². The zero-order chi connectivity index (χ0) is 17.4. The van der Waals surface area contributed by atoms with Gasteiger partial charge in [0.15, 0.2) is 0 Å². The van der Waals surface area contributed by atoms with Gasteiger partial charge in [0.1, 0.15) is 12.4 Å². The van der Waals surface area contributed by atoms with Crippen LogP contribution in [0.25, 0.3) is 6.08 Å². The first-order valence-corrected chi connectivity index (χ1v) is 7.36. The molecule has 0 radical (unpaired) electrons. The van der Waals surface area contributed by atoms with Gasteiger partial charge in [-0.05, 0) is 29.3 Å². The molecule has 0 bridgehead atoms. The number of esters is 1. The molecule has 0 amide bonds. The van der Waals surface area contributed by atoms with Crippen molar-refractivity contribution in [1.29, 1.82) is 0 Å². The Morgan fingerprint density at radius 2 is 1.83 bits per heavy atom. The molecule has 0 saturated heterocycles. The SMILES string of the molecule is COC(=O)C(=Cc1cccc(OCc2ccccc2)c1)CC(=O)O. The number of hydrogen-bond acceptors (Lipinski definition) is 4. The second-order valence-electron chi connectivity index (χ2n) is 5.08. The van der Waals surface area contributed by atoms with Crippen LogP contribution in [-0.2, 0) is 20.9 Å². The van der Waals surface area contributed by atoms with Crippen molar-refractivity contribution in [3.8, 4) is 5.75 Å². The molecule has 24 heavy (non-hydrogen) atoms. The molecule has 0 aliphatic heterocycles. The number of carbonyl (C=O) groups is 2. The Labute approximate surface area is 140 Å². The maximum Gasteiger partial charge on any atom is 0.334 e. The molecule has 2 rings (SSSR count). The lowest BCUT2D eigenvalue weighted by Gasteiger charge is -2.08. The highest BCUT2D eigenvalue weighted by Crippen LogP contribution is 2.19. The van der Waals surface area contributed by atoms with Gasteiger partial charge in [0, 0.05) is 5.57 Å². The molecule has 0 spiro atoms. The molecule has 2 aromatic rings. The van der Waals surface area contributed by atoms with E-state index in [9.17, 15) is 9.59 Å². The topological polar surface area (TPSA) is 72.8 Å². The van der Waals surface area contributed by atoms with Crippen molar-refractivity contribution < 1.29 is 24.2 Å². The zero-order valence-corrected chi connectivity index (χ0v) is 13.3. The third-order valence-electron chi connectivity index (χ3n) is 3.24. The minimum absolute atomic E-state index is 0.0743. The number of rotatable bonds is 7. The van der Waals surface area contributed by atoms with Crippen molar-refractivity contribution in [3.05, 3.63) is 71.3 Å². The predicted molar refractivity (Wildman–Crippen MR) is 89.5 cm³/mol. The fourth-order valence-electron chi connectivity index (χ4n) is 2.11. The van der Waals surface area contributed by atoms with E-state index in [1.165, 1.54) is 13.2 Å². The molecule has 2 aromatic carbocycles. The highest BCUT2D eigenvalue weighted by Gasteiger charge is 2.13. The van der Waals surface area contributed by atoms with E-state index in [1.807, 2.05) is 30.3 Å². The number of carbonyl (C=O) groups excluding carboxylic acids is 1. The van der Waals surface area contributed by atoms with Crippen molar-refractivity contribution in [3.63, 3.8) is 0 Å². The summed E-state index contributed by atoms with van der Waals surface area (Å²) in [7, 11) is 1.22. The Kier molecular flexibility index (Phi) is 6.14. The highest BCUT2D eigenvalue weighted by molar-refractivity contribution is 5.97. The van der Waals surface area contributed by atoms with Crippen LogP contribution < -0.4 is 4.74 Å². The zero-order valence-electron chi connectivity index (χ0n) is 13.3. The summed E-state index contributed by atoms with van der Waals surface area (Å²) in [5, 5.41) is 8.90. The van der Waals surface area contributed by atoms with E-state index >= 15 is 0 Å². The number of methoxy groups -OCH3 is 1. The summed E-state index contributed by atoms with van der Waals surface area (Å²) in [4.78, 5) is 22.5. The van der Waals surface area contributed by atoms with E-state index in [0.717, 1.165) is 5.56 Å². The summed E-state index contributed by atoms with van der Waals surface area (Å²) < 4.78 is 10.3. The largest absolute Gasteiger partial charge is 0.489 e. The molecular weight excluding hydrogens is 308 g/mol. The minimum Gasteiger partial charge on any atom is -0.489 e. The molecule has 1 N–H and O–H groups in total. The van der Waals surface area contributed by atoms with Crippen molar-refractivity contribution in [1.82, 2.24) is 0 Å². The van der Waals surface area contributed by atoms with Crippen molar-refractivity contribution in [2.45, 2.75) is 13.0 Å². The van der Waals surface area contributed by atoms with Crippen LogP contribution in [0.2, 0.25) is 0 Å². The van der Waals surface area contributed by atoms with E-state index in [-0.39, 0.29) is 5.57 Å². The number of benzene rings is 2. The second-order valence-corrected chi connectivity index (χ2v) is 5.08. The predicted octanol–water partition coefficient (Wildman–Crippen LogP) is 3.30. The number of ether oxygens (including phenoxy) is 2. The summed E-state index contributed by atoms with van der Waals surface area (Å²) in [6.45, 7) is 0.424. The maximum absolute atomic E-state index is 11.7. The number of hydrogen-bond donors (Lipinski definition) is 1. The fourth-order valence-corrected chi connectivity index (χ4v) is 2.11. The third-order valence-corrected chi connectivity index (χ3v) is 3.24. The van der Waals surface area contributed by atoms with Gasteiger partial charge in [-0.1, -0.05) is 42.5 Å². The smallest absolute Gasteiger partial charge is 0.334 e. The number of carboxylic acid groups (broad SMARTS) is 1. The molecule has 5 heteroatoms. The molecule has 5 nitrogen and oxygen atoms in total. The van der Waals surface area contributed by atoms with Crippen LogP contribution in [0.5, 0.6) is 5.75 Å². The van der Waals surface area contributed by atoms with Gasteiger partial charge < -0.3 is 14.6 Å². The lowest BCUT2D eigenvalue weighted by Crippen LogP contribution is -2.09. The first kappa shape index (κ1) is 17.3. The standard InChI is InChI=1S/C19H18O5/c1-23-19(22)16(12-18(20)21)10-15-8-5-9-17(11-15)24-13-14-6-3-2-4-7-14/h2-11H,12-13H2,1H3,(H,20,21). The molecule has 0 aliphatic rings. The van der Waals surface area contributed by atoms with E-state index in [1.54, 1.807) is 24.3 Å². The second kappa shape index (κ2) is 8.53. The van der Waals surface area contributed by atoms with Crippen LogP contribution in [0, 0.1) is 0 Å². The van der Waals surface area contributed by atoms with Crippen LogP contribution in [0.4, 0.5) is 0 Å². The van der Waals surface area contributed by atoms with E-state index in [0.29, 0.717) is 17.9 Å².